The first-order valence-electron chi connectivity index (χ1n) is 7.20. The highest BCUT2D eigenvalue weighted by Crippen LogP contribution is 2.06. The van der Waals surface area contributed by atoms with E-state index in [4.69, 9.17) is 4.74 Å². The number of esters is 1. The number of hydrazine groups is 2. The highest BCUT2D eigenvalue weighted by Gasteiger charge is 2.35. The molecule has 124 valence electrons. The summed E-state index contributed by atoms with van der Waals surface area (Å²) in [7, 11) is 1.31. The summed E-state index contributed by atoms with van der Waals surface area (Å²) in [4.78, 5) is 25.9. The van der Waals surface area contributed by atoms with E-state index in [2.05, 4.69) is 38.1 Å². The van der Waals surface area contributed by atoms with Crippen LogP contribution >= 0.6 is 0 Å². The van der Waals surface area contributed by atoms with Gasteiger partial charge in [-0.05, 0) is 6.08 Å². The molecule has 0 saturated carbocycles. The summed E-state index contributed by atoms with van der Waals surface area (Å²) in [6.45, 7) is 1.10. The number of hydrogen-bond donors (Lipinski definition) is 6. The lowest BCUT2D eigenvalue weighted by Crippen LogP contribution is -2.54. The second-order valence-corrected chi connectivity index (χ2v) is 5.20. The lowest BCUT2D eigenvalue weighted by atomic mass is 10.1. The maximum Gasteiger partial charge on any atom is 0.326 e. The molecule has 0 radical (unpaired) electrons. The van der Waals surface area contributed by atoms with Crippen molar-refractivity contribution in [2.75, 3.05) is 20.3 Å². The quantitative estimate of drug-likeness (QED) is 0.237. The van der Waals surface area contributed by atoms with E-state index in [-0.39, 0.29) is 17.8 Å². The van der Waals surface area contributed by atoms with E-state index in [0.717, 1.165) is 0 Å². The molecular weight excluding hydrogens is 302 g/mol. The van der Waals surface area contributed by atoms with Crippen LogP contribution in [0, 0.1) is 0 Å². The second-order valence-electron chi connectivity index (χ2n) is 5.20. The fourth-order valence-corrected chi connectivity index (χ4v) is 2.46. The first-order chi connectivity index (χ1) is 11.2. The van der Waals surface area contributed by atoms with E-state index in [1.807, 2.05) is 17.3 Å². The molecule has 3 unspecified atom stereocenters. The first kappa shape index (κ1) is 15.4. The predicted octanol–water partition coefficient (Wildman–Crippen LogP) is -3.07. The average Bonchev–Trinajstić information content (AvgIpc) is 3.26. The third kappa shape index (κ3) is 3.30. The minimum absolute atomic E-state index is 0.101. The molecule has 23 heavy (non-hydrogen) atoms. The Kier molecular flexibility index (Phi) is 4.49. The number of nitrogens with zero attached hydrogens (tertiary/aromatic N) is 1. The van der Waals surface area contributed by atoms with Crippen LogP contribution in [0.3, 0.4) is 0 Å². The van der Waals surface area contributed by atoms with E-state index >= 15 is 0 Å². The normalized spacial score (nSPS) is 28.8. The van der Waals surface area contributed by atoms with Crippen LogP contribution in [0.1, 0.15) is 0 Å². The summed E-state index contributed by atoms with van der Waals surface area (Å²) in [6.07, 6.45) is 5.40. The van der Waals surface area contributed by atoms with Gasteiger partial charge in [-0.25, -0.2) is 10.9 Å². The first-order valence-corrected chi connectivity index (χ1v) is 7.20. The van der Waals surface area contributed by atoms with Gasteiger partial charge in [0.2, 0.25) is 0 Å². The summed E-state index contributed by atoms with van der Waals surface area (Å²) in [5, 5.41) is 5.83. The zero-order valence-corrected chi connectivity index (χ0v) is 12.6. The predicted molar refractivity (Wildman–Crippen MR) is 79.5 cm³/mol. The molecule has 0 aliphatic carbocycles. The monoisotopic (exact) mass is 321 g/mol. The molecule has 1 amide bonds. The van der Waals surface area contributed by atoms with Gasteiger partial charge in [0.15, 0.2) is 5.70 Å². The van der Waals surface area contributed by atoms with Crippen molar-refractivity contribution in [3.8, 4) is 0 Å². The molecule has 3 rings (SSSR count). The Labute approximate surface area is 132 Å². The molecule has 10 nitrogen and oxygen atoms in total. The van der Waals surface area contributed by atoms with Crippen LogP contribution in [-0.4, -0.2) is 55.3 Å². The SMILES string of the molecule is COC(=O)C1NNCC1NC(=O)C1=C=CC(N2C=CNC2)NN1. The van der Waals surface area contributed by atoms with Crippen LogP contribution in [0.4, 0.5) is 0 Å². The molecule has 1 saturated heterocycles. The van der Waals surface area contributed by atoms with Crippen molar-refractivity contribution in [2.24, 2.45) is 0 Å². The lowest BCUT2D eigenvalue weighted by Gasteiger charge is -2.28. The molecule has 3 heterocycles. The molecule has 6 N–H and O–H groups in total. The second kappa shape index (κ2) is 6.71. The van der Waals surface area contributed by atoms with Crippen molar-refractivity contribution < 1.29 is 14.3 Å². The van der Waals surface area contributed by atoms with Gasteiger partial charge < -0.3 is 25.7 Å². The average molecular weight is 321 g/mol. The fourth-order valence-electron chi connectivity index (χ4n) is 2.46. The van der Waals surface area contributed by atoms with Gasteiger partial charge in [0.1, 0.15) is 12.2 Å². The lowest BCUT2D eigenvalue weighted by molar-refractivity contribution is -0.143. The van der Waals surface area contributed by atoms with Crippen LogP contribution < -0.4 is 32.3 Å². The number of amides is 1. The van der Waals surface area contributed by atoms with Gasteiger partial charge in [0, 0.05) is 18.9 Å². The Bertz CT molecular complexity index is 584. The minimum Gasteiger partial charge on any atom is -0.468 e. The smallest absolute Gasteiger partial charge is 0.326 e. The van der Waals surface area contributed by atoms with Crippen molar-refractivity contribution in [3.05, 3.63) is 29.9 Å². The van der Waals surface area contributed by atoms with E-state index in [9.17, 15) is 9.59 Å². The Balaban J connectivity index is 1.61. The van der Waals surface area contributed by atoms with Crippen LogP contribution in [-0.2, 0) is 14.3 Å². The number of ether oxygens (including phenoxy) is 1. The topological polar surface area (TPSA) is 119 Å². The van der Waals surface area contributed by atoms with Crippen LogP contribution in [0.25, 0.3) is 0 Å². The van der Waals surface area contributed by atoms with Crippen LogP contribution in [0.15, 0.2) is 29.9 Å². The number of methoxy groups -OCH3 is 1. The molecular formula is C13H19N7O3. The summed E-state index contributed by atoms with van der Waals surface area (Å²) in [5.41, 5.74) is 14.6. The summed E-state index contributed by atoms with van der Waals surface area (Å²) in [5.74, 6) is -0.792. The fraction of sp³-hybridized carbons (Fsp3) is 0.462. The van der Waals surface area contributed by atoms with Crippen LogP contribution in [0.5, 0.6) is 0 Å². The number of rotatable bonds is 4. The van der Waals surface area contributed by atoms with Gasteiger partial charge in [0.05, 0.1) is 19.8 Å². The molecule has 3 aliphatic rings. The van der Waals surface area contributed by atoms with E-state index in [0.29, 0.717) is 13.2 Å². The highest BCUT2D eigenvalue weighted by molar-refractivity contribution is 5.93. The van der Waals surface area contributed by atoms with Crippen molar-refractivity contribution in [2.45, 2.75) is 18.2 Å². The Hall–Kier alpha value is -2.52. The standard InChI is InChI=1S/C13H19N7O3/c1-23-13(22)11-9(6-15-19-11)16-12(21)8-2-3-10(18-17-8)20-5-4-14-7-20/h3-5,9-11,14-15,17-19H,6-7H2,1H3,(H,16,21). The minimum atomic E-state index is -0.626. The van der Waals surface area contributed by atoms with Crippen molar-refractivity contribution in [1.82, 2.24) is 37.2 Å². The van der Waals surface area contributed by atoms with Gasteiger partial charge in [-0.3, -0.25) is 15.0 Å². The molecule has 0 aromatic heterocycles. The molecule has 10 heteroatoms. The van der Waals surface area contributed by atoms with E-state index < -0.39 is 18.1 Å². The zero-order chi connectivity index (χ0) is 16.2. The molecule has 0 bridgehead atoms. The van der Waals surface area contributed by atoms with Crippen molar-refractivity contribution >= 4 is 11.9 Å². The van der Waals surface area contributed by atoms with Gasteiger partial charge in [-0.15, -0.1) is 0 Å². The summed E-state index contributed by atoms with van der Waals surface area (Å²) < 4.78 is 4.70. The number of carbonyl (C=O) groups is 2. The Morgan fingerprint density at radius 1 is 1.43 bits per heavy atom. The van der Waals surface area contributed by atoms with Crippen LogP contribution in [0.2, 0.25) is 0 Å². The molecule has 0 aromatic carbocycles. The molecule has 3 atom stereocenters. The maximum atomic E-state index is 12.3. The van der Waals surface area contributed by atoms with E-state index in [1.54, 1.807) is 6.08 Å². The van der Waals surface area contributed by atoms with Gasteiger partial charge in [0.25, 0.3) is 5.91 Å². The van der Waals surface area contributed by atoms with Gasteiger partial charge in [-0.2, -0.15) is 0 Å². The summed E-state index contributed by atoms with van der Waals surface area (Å²) >= 11 is 0. The molecule has 0 aromatic rings. The number of nitrogens with one attached hydrogen (secondary N) is 6. The Morgan fingerprint density at radius 3 is 2.96 bits per heavy atom. The Morgan fingerprint density at radius 2 is 2.30 bits per heavy atom. The third-order valence-corrected chi connectivity index (χ3v) is 3.73. The maximum absolute atomic E-state index is 12.3. The largest absolute Gasteiger partial charge is 0.468 e. The van der Waals surface area contributed by atoms with E-state index in [1.165, 1.54) is 7.11 Å². The highest BCUT2D eigenvalue weighted by atomic mass is 16.5. The number of hydrogen-bond acceptors (Lipinski definition) is 9. The molecule has 3 aliphatic heterocycles. The van der Waals surface area contributed by atoms with Gasteiger partial charge in [-0.1, -0.05) is 5.73 Å². The zero-order valence-electron chi connectivity index (χ0n) is 12.6. The number of carbonyl (C=O) groups excluding carboxylic acids is 2. The molecule has 0 spiro atoms. The third-order valence-electron chi connectivity index (χ3n) is 3.73. The summed E-state index contributed by atoms with van der Waals surface area (Å²) in [6, 6.07) is -1.03. The van der Waals surface area contributed by atoms with Gasteiger partial charge >= 0.3 is 5.97 Å². The van der Waals surface area contributed by atoms with Crippen molar-refractivity contribution in [1.29, 1.82) is 0 Å². The molecule has 1 fully saturated rings. The van der Waals surface area contributed by atoms with Crippen molar-refractivity contribution in [3.63, 3.8) is 0 Å².